The van der Waals surface area contributed by atoms with Gasteiger partial charge in [0.05, 0.1) is 19.6 Å². The molecule has 0 aromatic carbocycles. The van der Waals surface area contributed by atoms with E-state index in [1.54, 1.807) is 6.92 Å². The summed E-state index contributed by atoms with van der Waals surface area (Å²) in [5.41, 5.74) is 5.08. The quantitative estimate of drug-likeness (QED) is 0.608. The van der Waals surface area contributed by atoms with E-state index < -0.39 is 11.9 Å². The van der Waals surface area contributed by atoms with Crippen molar-refractivity contribution in [2.24, 2.45) is 5.73 Å². The van der Waals surface area contributed by atoms with Crippen LogP contribution in [0.15, 0.2) is 0 Å². The molecule has 0 saturated carbocycles. The first-order valence-electron chi connectivity index (χ1n) is 6.22. The van der Waals surface area contributed by atoms with Crippen LogP contribution in [0.5, 0.6) is 0 Å². The zero-order valence-electron chi connectivity index (χ0n) is 11.1. The van der Waals surface area contributed by atoms with Gasteiger partial charge in [-0.15, -0.1) is 0 Å². The average molecular weight is 258 g/mol. The van der Waals surface area contributed by atoms with Crippen LogP contribution >= 0.6 is 0 Å². The molecule has 0 radical (unpaired) electrons. The molecule has 0 aliphatic rings. The molecule has 0 aromatic rings. The minimum atomic E-state index is -0.546. The summed E-state index contributed by atoms with van der Waals surface area (Å²) in [6.45, 7) is 4.39. The Hall–Kier alpha value is -1.59. The lowest BCUT2D eigenvalue weighted by Gasteiger charge is -2.20. The Morgan fingerprint density at radius 2 is 1.83 bits per heavy atom. The van der Waals surface area contributed by atoms with E-state index in [-0.39, 0.29) is 25.3 Å². The van der Waals surface area contributed by atoms with Gasteiger partial charge in [0.1, 0.15) is 0 Å². The van der Waals surface area contributed by atoms with Gasteiger partial charge in [0, 0.05) is 13.0 Å². The van der Waals surface area contributed by atoms with Crippen molar-refractivity contribution in [3.8, 4) is 0 Å². The number of hydrogen-bond acceptors (Lipinski definition) is 4. The first kappa shape index (κ1) is 16.4. The summed E-state index contributed by atoms with van der Waals surface area (Å²) in [5.74, 6) is -1.19. The van der Waals surface area contributed by atoms with E-state index in [0.717, 1.165) is 12.8 Å². The second kappa shape index (κ2) is 9.44. The van der Waals surface area contributed by atoms with Gasteiger partial charge >= 0.3 is 5.97 Å². The van der Waals surface area contributed by atoms with E-state index in [4.69, 9.17) is 10.5 Å². The SMILES string of the molecule is CCCCN(CC(N)=O)C(=O)CCC(=O)OCC. The Bertz CT molecular complexity index is 292. The van der Waals surface area contributed by atoms with Gasteiger partial charge in [-0.1, -0.05) is 13.3 Å². The highest BCUT2D eigenvalue weighted by molar-refractivity contribution is 5.85. The van der Waals surface area contributed by atoms with Crippen LogP contribution in [0, 0.1) is 0 Å². The number of ether oxygens (including phenoxy) is 1. The molecule has 0 spiro atoms. The molecule has 0 aliphatic carbocycles. The van der Waals surface area contributed by atoms with E-state index in [1.807, 2.05) is 6.92 Å². The summed E-state index contributed by atoms with van der Waals surface area (Å²) >= 11 is 0. The van der Waals surface area contributed by atoms with Crippen molar-refractivity contribution in [1.82, 2.24) is 4.90 Å². The van der Waals surface area contributed by atoms with Gasteiger partial charge in [-0.2, -0.15) is 0 Å². The maximum absolute atomic E-state index is 11.8. The van der Waals surface area contributed by atoms with Gasteiger partial charge in [0.2, 0.25) is 11.8 Å². The number of nitrogens with two attached hydrogens (primary N) is 1. The Morgan fingerprint density at radius 1 is 1.17 bits per heavy atom. The standard InChI is InChI=1S/C12H22N2O4/c1-3-5-8-14(9-10(13)15)11(16)6-7-12(17)18-4-2/h3-9H2,1-2H3,(H2,13,15). The van der Waals surface area contributed by atoms with E-state index >= 15 is 0 Å². The molecule has 0 heterocycles. The van der Waals surface area contributed by atoms with Crippen LogP contribution in [0.4, 0.5) is 0 Å². The van der Waals surface area contributed by atoms with Crippen LogP contribution in [0.3, 0.4) is 0 Å². The van der Waals surface area contributed by atoms with Gasteiger partial charge in [0.25, 0.3) is 0 Å². The molecule has 18 heavy (non-hydrogen) atoms. The number of hydrogen-bond donors (Lipinski definition) is 1. The molecule has 6 nitrogen and oxygen atoms in total. The minimum Gasteiger partial charge on any atom is -0.466 e. The third-order valence-corrected chi connectivity index (χ3v) is 2.33. The zero-order chi connectivity index (χ0) is 14.0. The lowest BCUT2D eigenvalue weighted by molar-refractivity contribution is -0.145. The van der Waals surface area contributed by atoms with Crippen LogP contribution in [0.25, 0.3) is 0 Å². The Balaban J connectivity index is 4.19. The van der Waals surface area contributed by atoms with Gasteiger partial charge in [-0.05, 0) is 13.3 Å². The Labute approximate surface area is 107 Å². The number of primary amides is 1. The van der Waals surface area contributed by atoms with E-state index in [2.05, 4.69) is 0 Å². The lowest BCUT2D eigenvalue weighted by Crippen LogP contribution is -2.39. The predicted molar refractivity (Wildman–Crippen MR) is 66.5 cm³/mol. The molecule has 0 aliphatic heterocycles. The smallest absolute Gasteiger partial charge is 0.306 e. The fraction of sp³-hybridized carbons (Fsp3) is 0.750. The highest BCUT2D eigenvalue weighted by Crippen LogP contribution is 2.02. The van der Waals surface area contributed by atoms with Crippen molar-refractivity contribution < 1.29 is 19.1 Å². The maximum atomic E-state index is 11.8. The summed E-state index contributed by atoms with van der Waals surface area (Å²) in [6, 6.07) is 0. The van der Waals surface area contributed by atoms with Crippen LogP contribution in [0.2, 0.25) is 0 Å². The van der Waals surface area contributed by atoms with Gasteiger partial charge in [0.15, 0.2) is 0 Å². The normalized spacial score (nSPS) is 9.89. The first-order valence-corrected chi connectivity index (χ1v) is 6.22. The highest BCUT2D eigenvalue weighted by Gasteiger charge is 2.16. The molecule has 0 bridgehead atoms. The molecule has 104 valence electrons. The molecule has 0 aromatic heterocycles. The van der Waals surface area contributed by atoms with Crippen molar-refractivity contribution in [2.75, 3.05) is 19.7 Å². The zero-order valence-corrected chi connectivity index (χ0v) is 11.1. The summed E-state index contributed by atoms with van der Waals surface area (Å²) in [7, 11) is 0. The summed E-state index contributed by atoms with van der Waals surface area (Å²) < 4.78 is 4.73. The number of nitrogens with zero attached hydrogens (tertiary/aromatic N) is 1. The van der Waals surface area contributed by atoms with Crippen LogP contribution < -0.4 is 5.73 Å². The molecule has 2 amide bonds. The molecule has 0 rings (SSSR count). The molecule has 0 saturated heterocycles. The van der Waals surface area contributed by atoms with Crippen molar-refractivity contribution >= 4 is 17.8 Å². The number of carbonyl (C=O) groups is 3. The monoisotopic (exact) mass is 258 g/mol. The number of amides is 2. The third kappa shape index (κ3) is 7.65. The van der Waals surface area contributed by atoms with Crippen molar-refractivity contribution in [1.29, 1.82) is 0 Å². The fourth-order valence-corrected chi connectivity index (χ4v) is 1.43. The average Bonchev–Trinajstić information content (AvgIpc) is 2.31. The van der Waals surface area contributed by atoms with Crippen molar-refractivity contribution in [2.45, 2.75) is 39.5 Å². The first-order chi connectivity index (χ1) is 8.51. The Morgan fingerprint density at radius 3 is 2.33 bits per heavy atom. The Kier molecular flexibility index (Phi) is 8.61. The molecule has 6 heteroatoms. The lowest BCUT2D eigenvalue weighted by atomic mass is 10.2. The van der Waals surface area contributed by atoms with Crippen LogP contribution in [0.1, 0.15) is 39.5 Å². The third-order valence-electron chi connectivity index (χ3n) is 2.33. The van der Waals surface area contributed by atoms with Crippen LogP contribution in [-0.2, 0) is 19.1 Å². The molecule has 0 fully saturated rings. The fourth-order valence-electron chi connectivity index (χ4n) is 1.43. The van der Waals surface area contributed by atoms with Crippen molar-refractivity contribution in [3.05, 3.63) is 0 Å². The highest BCUT2D eigenvalue weighted by atomic mass is 16.5. The van der Waals surface area contributed by atoms with E-state index in [0.29, 0.717) is 13.2 Å². The molecular formula is C12H22N2O4. The maximum Gasteiger partial charge on any atom is 0.306 e. The van der Waals surface area contributed by atoms with Crippen LogP contribution in [-0.4, -0.2) is 42.4 Å². The van der Waals surface area contributed by atoms with Crippen molar-refractivity contribution in [3.63, 3.8) is 0 Å². The van der Waals surface area contributed by atoms with E-state index in [1.165, 1.54) is 4.90 Å². The number of rotatable bonds is 9. The van der Waals surface area contributed by atoms with E-state index in [9.17, 15) is 14.4 Å². The molecule has 0 unspecified atom stereocenters. The topological polar surface area (TPSA) is 89.7 Å². The number of unbranched alkanes of at least 4 members (excludes halogenated alkanes) is 1. The number of esters is 1. The predicted octanol–water partition coefficient (Wildman–Crippen LogP) is 0.444. The second-order valence-electron chi connectivity index (χ2n) is 3.94. The summed E-state index contributed by atoms with van der Waals surface area (Å²) in [5, 5.41) is 0. The second-order valence-corrected chi connectivity index (χ2v) is 3.94. The van der Waals surface area contributed by atoms with Gasteiger partial charge in [-0.25, -0.2) is 0 Å². The minimum absolute atomic E-state index is 0.0358. The number of carbonyl (C=O) groups excluding carboxylic acids is 3. The summed E-state index contributed by atoms with van der Waals surface area (Å²) in [4.78, 5) is 35.2. The molecule has 2 N–H and O–H groups in total. The largest absolute Gasteiger partial charge is 0.466 e. The summed E-state index contributed by atoms with van der Waals surface area (Å²) in [6.07, 6.45) is 1.81. The van der Waals surface area contributed by atoms with Gasteiger partial charge < -0.3 is 15.4 Å². The molecule has 0 atom stereocenters. The van der Waals surface area contributed by atoms with Gasteiger partial charge in [-0.3, -0.25) is 14.4 Å². The molecular weight excluding hydrogens is 236 g/mol.